The molecule has 6 nitrogen and oxygen atoms in total. The number of para-hydroxylation sites is 1. The fourth-order valence-corrected chi connectivity index (χ4v) is 1.22. The van der Waals surface area contributed by atoms with Gasteiger partial charge in [-0.05, 0) is 12.1 Å². The molecule has 0 aliphatic heterocycles. The Morgan fingerprint density at radius 1 is 1.00 bits per heavy atom. The molecule has 0 aliphatic rings. The van der Waals surface area contributed by atoms with E-state index in [-0.39, 0.29) is 18.2 Å². The van der Waals surface area contributed by atoms with Crippen LogP contribution in [0.5, 0.6) is 5.75 Å². The minimum Gasteiger partial charge on any atom is -0.507 e. The fraction of sp³-hybridized carbons (Fsp3) is 0.200. The van der Waals surface area contributed by atoms with Crippen molar-refractivity contribution < 1.29 is 10.2 Å². The number of aliphatic hydroxyl groups is 1. The van der Waals surface area contributed by atoms with Crippen molar-refractivity contribution in [3.05, 3.63) is 30.1 Å². The lowest BCUT2D eigenvalue weighted by molar-refractivity contribution is 0.295. The van der Waals surface area contributed by atoms with Gasteiger partial charge in [0, 0.05) is 6.42 Å². The SMILES string of the molecule is OCCc1nnc(-c2ccccc2O)nn1. The van der Waals surface area contributed by atoms with Crippen LogP contribution in [-0.4, -0.2) is 37.2 Å². The van der Waals surface area contributed by atoms with Crippen LogP contribution in [-0.2, 0) is 6.42 Å². The fourth-order valence-electron chi connectivity index (χ4n) is 1.22. The van der Waals surface area contributed by atoms with Crippen molar-refractivity contribution >= 4 is 0 Å². The summed E-state index contributed by atoms with van der Waals surface area (Å²) in [5.41, 5.74) is 0.484. The van der Waals surface area contributed by atoms with E-state index in [0.29, 0.717) is 17.8 Å². The van der Waals surface area contributed by atoms with Crippen molar-refractivity contribution in [3.8, 4) is 17.1 Å². The van der Waals surface area contributed by atoms with Crippen molar-refractivity contribution in [2.24, 2.45) is 0 Å². The lowest BCUT2D eigenvalue weighted by atomic mass is 10.2. The van der Waals surface area contributed by atoms with Gasteiger partial charge in [0.1, 0.15) is 5.75 Å². The molecule has 0 saturated heterocycles. The van der Waals surface area contributed by atoms with E-state index in [1.165, 1.54) is 0 Å². The first-order valence-electron chi connectivity index (χ1n) is 4.77. The van der Waals surface area contributed by atoms with Gasteiger partial charge in [0.25, 0.3) is 0 Å². The van der Waals surface area contributed by atoms with Gasteiger partial charge in [-0.2, -0.15) is 0 Å². The quantitative estimate of drug-likeness (QED) is 0.763. The third kappa shape index (κ3) is 2.12. The first kappa shape index (κ1) is 10.4. The molecule has 0 unspecified atom stereocenters. The van der Waals surface area contributed by atoms with Crippen molar-refractivity contribution in [1.82, 2.24) is 20.4 Å². The average molecular weight is 218 g/mol. The smallest absolute Gasteiger partial charge is 0.207 e. The summed E-state index contributed by atoms with van der Waals surface area (Å²) in [6, 6.07) is 6.69. The van der Waals surface area contributed by atoms with Crippen LogP contribution in [0.25, 0.3) is 11.4 Å². The van der Waals surface area contributed by atoms with Crippen LogP contribution in [0.2, 0.25) is 0 Å². The molecule has 2 N–H and O–H groups in total. The number of aromatic nitrogens is 4. The molecule has 16 heavy (non-hydrogen) atoms. The van der Waals surface area contributed by atoms with Gasteiger partial charge >= 0.3 is 0 Å². The Morgan fingerprint density at radius 2 is 1.69 bits per heavy atom. The first-order chi connectivity index (χ1) is 7.81. The molecule has 0 fully saturated rings. The molecule has 1 aromatic heterocycles. The largest absolute Gasteiger partial charge is 0.507 e. The van der Waals surface area contributed by atoms with Crippen molar-refractivity contribution in [2.45, 2.75) is 6.42 Å². The monoisotopic (exact) mass is 218 g/mol. The van der Waals surface area contributed by atoms with Gasteiger partial charge in [-0.1, -0.05) is 12.1 Å². The lowest BCUT2D eigenvalue weighted by Crippen LogP contribution is -2.04. The summed E-state index contributed by atoms with van der Waals surface area (Å²) in [6.45, 7) is -0.0424. The Morgan fingerprint density at radius 3 is 2.31 bits per heavy atom. The number of hydrogen-bond acceptors (Lipinski definition) is 6. The maximum Gasteiger partial charge on any atom is 0.207 e. The highest BCUT2D eigenvalue weighted by Gasteiger charge is 2.07. The number of aliphatic hydroxyl groups excluding tert-OH is 1. The molecule has 1 aromatic carbocycles. The van der Waals surface area contributed by atoms with E-state index in [2.05, 4.69) is 20.4 Å². The van der Waals surface area contributed by atoms with Crippen molar-refractivity contribution in [2.75, 3.05) is 6.61 Å². The minimum absolute atomic E-state index is 0.0424. The number of aromatic hydroxyl groups is 1. The molecule has 6 heteroatoms. The Labute approximate surface area is 91.6 Å². The number of nitrogens with zero attached hydrogens (tertiary/aromatic N) is 4. The molecular weight excluding hydrogens is 208 g/mol. The lowest BCUT2D eigenvalue weighted by Gasteiger charge is -2.01. The van der Waals surface area contributed by atoms with Crippen LogP contribution >= 0.6 is 0 Å². The normalized spacial score (nSPS) is 10.3. The second-order valence-electron chi connectivity index (χ2n) is 3.13. The van der Waals surface area contributed by atoms with Crippen LogP contribution in [0.3, 0.4) is 0 Å². The van der Waals surface area contributed by atoms with Crippen LogP contribution in [0, 0.1) is 0 Å². The summed E-state index contributed by atoms with van der Waals surface area (Å²) >= 11 is 0. The molecule has 0 bridgehead atoms. The molecule has 2 rings (SSSR count). The summed E-state index contributed by atoms with van der Waals surface area (Å²) in [5, 5.41) is 33.5. The van der Waals surface area contributed by atoms with E-state index >= 15 is 0 Å². The van der Waals surface area contributed by atoms with Gasteiger partial charge in [-0.15, -0.1) is 20.4 Å². The summed E-state index contributed by atoms with van der Waals surface area (Å²) < 4.78 is 0. The molecule has 0 saturated carbocycles. The molecule has 0 radical (unpaired) electrons. The molecule has 2 aromatic rings. The summed E-state index contributed by atoms with van der Waals surface area (Å²) in [4.78, 5) is 0. The predicted molar refractivity (Wildman–Crippen MR) is 55.5 cm³/mol. The number of hydrogen-bond donors (Lipinski definition) is 2. The van der Waals surface area contributed by atoms with Gasteiger partial charge in [-0.25, -0.2) is 0 Å². The van der Waals surface area contributed by atoms with Crippen molar-refractivity contribution in [1.29, 1.82) is 0 Å². The third-order valence-corrected chi connectivity index (χ3v) is 2.00. The number of benzene rings is 1. The van der Waals surface area contributed by atoms with Gasteiger partial charge in [0.2, 0.25) is 5.82 Å². The minimum atomic E-state index is -0.0424. The highest BCUT2D eigenvalue weighted by molar-refractivity contribution is 5.62. The molecule has 0 spiro atoms. The molecule has 1 heterocycles. The second-order valence-corrected chi connectivity index (χ2v) is 3.13. The predicted octanol–water partition coefficient (Wildman–Crippen LogP) is 0.174. The van der Waals surface area contributed by atoms with Crippen LogP contribution < -0.4 is 0 Å². The Balaban J connectivity index is 2.31. The van der Waals surface area contributed by atoms with E-state index in [4.69, 9.17) is 5.11 Å². The van der Waals surface area contributed by atoms with E-state index < -0.39 is 0 Å². The van der Waals surface area contributed by atoms with Gasteiger partial charge in [0.05, 0.1) is 12.2 Å². The number of phenols is 1. The number of phenolic OH excluding ortho intramolecular Hbond substituents is 1. The number of rotatable bonds is 3. The van der Waals surface area contributed by atoms with E-state index in [1.54, 1.807) is 24.3 Å². The Hall–Kier alpha value is -2.08. The molecule has 0 atom stereocenters. The van der Waals surface area contributed by atoms with Gasteiger partial charge in [-0.3, -0.25) is 0 Å². The topological polar surface area (TPSA) is 92.0 Å². The Bertz CT molecular complexity index is 473. The average Bonchev–Trinajstić information content (AvgIpc) is 2.31. The van der Waals surface area contributed by atoms with E-state index in [9.17, 15) is 5.11 Å². The van der Waals surface area contributed by atoms with Crippen molar-refractivity contribution in [3.63, 3.8) is 0 Å². The molecule has 0 aliphatic carbocycles. The highest BCUT2D eigenvalue weighted by atomic mass is 16.3. The van der Waals surface area contributed by atoms with Gasteiger partial charge in [0.15, 0.2) is 5.82 Å². The third-order valence-electron chi connectivity index (χ3n) is 2.00. The zero-order valence-corrected chi connectivity index (χ0v) is 8.41. The molecule has 0 amide bonds. The summed E-state index contributed by atoms with van der Waals surface area (Å²) in [7, 11) is 0. The zero-order valence-electron chi connectivity index (χ0n) is 8.41. The van der Waals surface area contributed by atoms with Gasteiger partial charge < -0.3 is 10.2 Å². The second kappa shape index (κ2) is 4.63. The molecular formula is C10H10N4O2. The maximum atomic E-state index is 9.56. The maximum absolute atomic E-state index is 9.56. The molecule has 82 valence electrons. The zero-order chi connectivity index (χ0) is 11.4. The standard InChI is InChI=1S/C10H10N4O2/c15-6-5-9-11-13-10(14-12-9)7-3-1-2-4-8(7)16/h1-4,15-16H,5-6H2. The van der Waals surface area contributed by atoms with Crippen LogP contribution in [0.4, 0.5) is 0 Å². The Kier molecular flexibility index (Phi) is 3.02. The van der Waals surface area contributed by atoms with Crippen LogP contribution in [0.1, 0.15) is 5.82 Å². The van der Waals surface area contributed by atoms with E-state index in [1.807, 2.05) is 0 Å². The first-order valence-corrected chi connectivity index (χ1v) is 4.77. The van der Waals surface area contributed by atoms with Crippen LogP contribution in [0.15, 0.2) is 24.3 Å². The highest BCUT2D eigenvalue weighted by Crippen LogP contribution is 2.24. The van der Waals surface area contributed by atoms with E-state index in [0.717, 1.165) is 0 Å². The summed E-state index contributed by atoms with van der Waals surface area (Å²) in [5.74, 6) is 0.725. The summed E-state index contributed by atoms with van der Waals surface area (Å²) in [6.07, 6.45) is 0.320.